The first-order chi connectivity index (χ1) is 6.04. The fraction of sp³-hybridized carbons (Fsp3) is 1.00. The molecular formula is C12H27N. The highest BCUT2D eigenvalue weighted by molar-refractivity contribution is 4.64. The van der Waals surface area contributed by atoms with E-state index < -0.39 is 0 Å². The zero-order chi connectivity index (χ0) is 10.3. The summed E-state index contributed by atoms with van der Waals surface area (Å²) < 4.78 is 0. The molecule has 0 aliphatic rings. The van der Waals surface area contributed by atoms with Gasteiger partial charge >= 0.3 is 0 Å². The van der Waals surface area contributed by atoms with Gasteiger partial charge < -0.3 is 5.73 Å². The molecular weight excluding hydrogens is 158 g/mol. The van der Waals surface area contributed by atoms with Gasteiger partial charge in [-0.3, -0.25) is 0 Å². The lowest BCUT2D eigenvalue weighted by molar-refractivity contribution is 0.433. The average Bonchev–Trinajstić information content (AvgIpc) is 2.02. The van der Waals surface area contributed by atoms with E-state index in [0.717, 1.165) is 5.92 Å². The van der Waals surface area contributed by atoms with Gasteiger partial charge in [0.25, 0.3) is 0 Å². The second-order valence-corrected chi connectivity index (χ2v) is 4.94. The molecule has 13 heavy (non-hydrogen) atoms. The van der Waals surface area contributed by atoms with Crippen LogP contribution in [0.1, 0.15) is 59.8 Å². The van der Waals surface area contributed by atoms with Crippen molar-refractivity contribution in [1.82, 2.24) is 0 Å². The monoisotopic (exact) mass is 185 g/mol. The van der Waals surface area contributed by atoms with Gasteiger partial charge in [0.1, 0.15) is 0 Å². The van der Waals surface area contributed by atoms with Gasteiger partial charge in [0, 0.05) is 6.04 Å². The van der Waals surface area contributed by atoms with Gasteiger partial charge in [-0.2, -0.15) is 0 Å². The number of rotatable bonds is 7. The highest BCUT2D eigenvalue weighted by Crippen LogP contribution is 2.12. The molecule has 2 N–H and O–H groups in total. The minimum atomic E-state index is 0.416. The smallest absolute Gasteiger partial charge is 0.00618 e. The summed E-state index contributed by atoms with van der Waals surface area (Å²) in [5.41, 5.74) is 5.96. The summed E-state index contributed by atoms with van der Waals surface area (Å²) in [6, 6.07) is 0.416. The normalized spacial score (nSPS) is 14.1. The van der Waals surface area contributed by atoms with Crippen molar-refractivity contribution in [3.05, 3.63) is 0 Å². The summed E-state index contributed by atoms with van der Waals surface area (Å²) in [6.07, 6.45) is 6.62. The maximum atomic E-state index is 5.96. The van der Waals surface area contributed by atoms with Crippen LogP contribution >= 0.6 is 0 Å². The van der Waals surface area contributed by atoms with E-state index in [4.69, 9.17) is 5.73 Å². The fourth-order valence-corrected chi connectivity index (χ4v) is 1.44. The minimum absolute atomic E-state index is 0.416. The van der Waals surface area contributed by atoms with Crippen molar-refractivity contribution < 1.29 is 0 Å². The average molecular weight is 185 g/mol. The molecule has 0 aliphatic carbocycles. The third-order valence-electron chi connectivity index (χ3n) is 2.68. The first-order valence-electron chi connectivity index (χ1n) is 5.79. The second kappa shape index (κ2) is 7.37. The van der Waals surface area contributed by atoms with Crippen LogP contribution in [0.4, 0.5) is 0 Å². The topological polar surface area (TPSA) is 26.0 Å². The van der Waals surface area contributed by atoms with E-state index in [2.05, 4.69) is 27.7 Å². The lowest BCUT2D eigenvalue weighted by Gasteiger charge is -2.15. The van der Waals surface area contributed by atoms with Crippen LogP contribution in [0, 0.1) is 11.8 Å². The van der Waals surface area contributed by atoms with Crippen molar-refractivity contribution in [2.24, 2.45) is 17.6 Å². The van der Waals surface area contributed by atoms with Crippen molar-refractivity contribution in [1.29, 1.82) is 0 Å². The second-order valence-electron chi connectivity index (χ2n) is 4.94. The molecule has 0 aromatic heterocycles. The van der Waals surface area contributed by atoms with Gasteiger partial charge in [-0.05, 0) is 18.3 Å². The molecule has 0 aliphatic heterocycles. The van der Waals surface area contributed by atoms with E-state index >= 15 is 0 Å². The first kappa shape index (κ1) is 13.0. The Bertz CT molecular complexity index is 108. The van der Waals surface area contributed by atoms with Gasteiger partial charge in [0.2, 0.25) is 0 Å². The van der Waals surface area contributed by atoms with E-state index in [1.807, 2.05) is 0 Å². The van der Waals surface area contributed by atoms with Gasteiger partial charge in [0.05, 0.1) is 0 Å². The Balaban J connectivity index is 3.16. The van der Waals surface area contributed by atoms with Gasteiger partial charge in [-0.25, -0.2) is 0 Å². The van der Waals surface area contributed by atoms with Crippen LogP contribution in [0.3, 0.4) is 0 Å². The largest absolute Gasteiger partial charge is 0.327 e. The Kier molecular flexibility index (Phi) is 7.35. The van der Waals surface area contributed by atoms with E-state index in [0.29, 0.717) is 12.0 Å². The van der Waals surface area contributed by atoms with Crippen molar-refractivity contribution >= 4 is 0 Å². The third kappa shape index (κ3) is 8.29. The Morgan fingerprint density at radius 1 is 0.846 bits per heavy atom. The summed E-state index contributed by atoms with van der Waals surface area (Å²) in [5.74, 6) is 1.50. The number of hydrogen-bond acceptors (Lipinski definition) is 1. The van der Waals surface area contributed by atoms with E-state index in [1.165, 1.54) is 32.1 Å². The van der Waals surface area contributed by atoms with Gasteiger partial charge in [-0.1, -0.05) is 53.4 Å². The quantitative estimate of drug-likeness (QED) is 0.603. The molecule has 0 aromatic rings. The minimum Gasteiger partial charge on any atom is -0.327 e. The van der Waals surface area contributed by atoms with Crippen LogP contribution in [0.25, 0.3) is 0 Å². The maximum Gasteiger partial charge on any atom is 0.00618 e. The van der Waals surface area contributed by atoms with Crippen LogP contribution in [-0.4, -0.2) is 6.04 Å². The van der Waals surface area contributed by atoms with Gasteiger partial charge in [0.15, 0.2) is 0 Å². The van der Waals surface area contributed by atoms with Crippen LogP contribution in [0.5, 0.6) is 0 Å². The highest BCUT2D eigenvalue weighted by atomic mass is 14.6. The lowest BCUT2D eigenvalue weighted by Crippen LogP contribution is -2.25. The van der Waals surface area contributed by atoms with Crippen LogP contribution in [-0.2, 0) is 0 Å². The molecule has 80 valence electrons. The molecule has 0 amide bonds. The van der Waals surface area contributed by atoms with Gasteiger partial charge in [-0.15, -0.1) is 0 Å². The van der Waals surface area contributed by atoms with Crippen molar-refractivity contribution in [2.45, 2.75) is 65.8 Å². The SMILES string of the molecule is CC(C)CCCCCC(N)C(C)C. The van der Waals surface area contributed by atoms with Crippen molar-refractivity contribution in [3.63, 3.8) is 0 Å². The molecule has 0 fully saturated rings. The molecule has 0 radical (unpaired) electrons. The third-order valence-corrected chi connectivity index (χ3v) is 2.68. The molecule has 1 heteroatoms. The molecule has 1 nitrogen and oxygen atoms in total. The Morgan fingerprint density at radius 3 is 1.85 bits per heavy atom. The molecule has 0 saturated carbocycles. The van der Waals surface area contributed by atoms with E-state index in [9.17, 15) is 0 Å². The molecule has 1 unspecified atom stereocenters. The lowest BCUT2D eigenvalue weighted by atomic mass is 9.97. The molecule has 0 bridgehead atoms. The Hall–Kier alpha value is -0.0400. The molecule has 0 aromatic carbocycles. The number of nitrogens with two attached hydrogens (primary N) is 1. The van der Waals surface area contributed by atoms with E-state index in [-0.39, 0.29) is 0 Å². The van der Waals surface area contributed by atoms with Crippen LogP contribution in [0.15, 0.2) is 0 Å². The predicted molar refractivity (Wildman–Crippen MR) is 60.7 cm³/mol. The molecule has 1 atom stereocenters. The van der Waals surface area contributed by atoms with Crippen LogP contribution < -0.4 is 5.73 Å². The summed E-state index contributed by atoms with van der Waals surface area (Å²) in [4.78, 5) is 0. The first-order valence-corrected chi connectivity index (χ1v) is 5.79. The summed E-state index contributed by atoms with van der Waals surface area (Å²) in [7, 11) is 0. The maximum absolute atomic E-state index is 5.96. The summed E-state index contributed by atoms with van der Waals surface area (Å²) in [6.45, 7) is 9.00. The predicted octanol–water partition coefficient (Wildman–Crippen LogP) is 3.58. The van der Waals surface area contributed by atoms with E-state index in [1.54, 1.807) is 0 Å². The number of hydrogen-bond donors (Lipinski definition) is 1. The van der Waals surface area contributed by atoms with Crippen LogP contribution in [0.2, 0.25) is 0 Å². The molecule has 0 saturated heterocycles. The van der Waals surface area contributed by atoms with Crippen molar-refractivity contribution in [3.8, 4) is 0 Å². The summed E-state index contributed by atoms with van der Waals surface area (Å²) in [5, 5.41) is 0. The molecule has 0 rings (SSSR count). The van der Waals surface area contributed by atoms with Crippen molar-refractivity contribution in [2.75, 3.05) is 0 Å². The zero-order valence-electron chi connectivity index (χ0n) is 9.84. The Morgan fingerprint density at radius 2 is 1.38 bits per heavy atom. The zero-order valence-corrected chi connectivity index (χ0v) is 9.84. The highest BCUT2D eigenvalue weighted by Gasteiger charge is 2.06. The number of unbranched alkanes of at least 4 members (excludes halogenated alkanes) is 2. The standard InChI is InChI=1S/C12H27N/c1-10(2)8-6-5-7-9-12(13)11(3)4/h10-12H,5-9,13H2,1-4H3. The molecule has 0 spiro atoms. The Labute approximate surface area is 84.1 Å². The fourth-order valence-electron chi connectivity index (χ4n) is 1.44. The molecule has 0 heterocycles. The summed E-state index contributed by atoms with van der Waals surface area (Å²) >= 11 is 0.